The van der Waals surface area contributed by atoms with Gasteiger partial charge in [0.15, 0.2) is 0 Å². The molecule has 0 amide bonds. The Hall–Kier alpha value is 0.690. The Kier molecular flexibility index (Phi) is 2.61. The highest BCUT2D eigenvalue weighted by molar-refractivity contribution is 14.1. The Labute approximate surface area is 77.3 Å². The number of alkyl halides is 1. The lowest BCUT2D eigenvalue weighted by Crippen LogP contribution is -2.40. The van der Waals surface area contributed by atoms with Crippen LogP contribution < -0.4 is 0 Å². The summed E-state index contributed by atoms with van der Waals surface area (Å²) in [6, 6.07) is 0.798. The summed E-state index contributed by atoms with van der Waals surface area (Å²) in [5.74, 6) is 0. The van der Waals surface area contributed by atoms with E-state index in [0.717, 1.165) is 6.04 Å². The Morgan fingerprint density at radius 3 is 2.30 bits per heavy atom. The number of hydrogen-bond acceptors (Lipinski definition) is 1. The zero-order valence-corrected chi connectivity index (χ0v) is 9.18. The van der Waals surface area contributed by atoms with Gasteiger partial charge in [0.2, 0.25) is 0 Å². The molecule has 1 unspecified atom stereocenters. The summed E-state index contributed by atoms with van der Waals surface area (Å²) in [6.07, 6.45) is 2.76. The van der Waals surface area contributed by atoms with Gasteiger partial charge in [0.25, 0.3) is 0 Å². The zero-order chi connectivity index (χ0) is 7.78. The van der Waals surface area contributed by atoms with E-state index in [4.69, 9.17) is 0 Å². The van der Waals surface area contributed by atoms with Crippen molar-refractivity contribution in [3.63, 3.8) is 0 Å². The number of nitrogens with zero attached hydrogens (tertiary/aromatic N) is 1. The van der Waals surface area contributed by atoms with Gasteiger partial charge in [0, 0.05) is 6.04 Å². The van der Waals surface area contributed by atoms with Crippen molar-refractivity contribution in [3.05, 3.63) is 0 Å². The molecule has 0 spiro atoms. The van der Waals surface area contributed by atoms with Crippen molar-refractivity contribution >= 4 is 22.6 Å². The third-order valence-corrected chi connectivity index (χ3v) is 2.86. The van der Waals surface area contributed by atoms with Crippen LogP contribution in [0.15, 0.2) is 0 Å². The van der Waals surface area contributed by atoms with E-state index >= 15 is 0 Å². The molecule has 1 rings (SSSR count). The minimum absolute atomic E-state index is 0.355. The molecule has 60 valence electrons. The number of rotatable bonds is 1. The van der Waals surface area contributed by atoms with Crippen molar-refractivity contribution in [2.75, 3.05) is 6.54 Å². The molecule has 1 heterocycles. The molecule has 0 aromatic rings. The minimum atomic E-state index is 0.355. The maximum Gasteiger partial charge on any atom is 0.0675 e. The van der Waals surface area contributed by atoms with Crippen LogP contribution in [0.1, 0.15) is 33.6 Å². The highest BCUT2D eigenvalue weighted by atomic mass is 127. The summed E-state index contributed by atoms with van der Waals surface area (Å²) < 4.78 is 0.355. The second-order valence-electron chi connectivity index (χ2n) is 3.59. The van der Waals surface area contributed by atoms with E-state index in [1.165, 1.54) is 19.4 Å². The van der Waals surface area contributed by atoms with Gasteiger partial charge in [-0.3, -0.25) is 4.90 Å². The van der Waals surface area contributed by atoms with Crippen LogP contribution in [-0.2, 0) is 0 Å². The highest BCUT2D eigenvalue weighted by Crippen LogP contribution is 2.30. The molecule has 0 bridgehead atoms. The van der Waals surface area contributed by atoms with E-state index in [1.54, 1.807) is 0 Å². The van der Waals surface area contributed by atoms with Crippen LogP contribution in [0.5, 0.6) is 0 Å². The topological polar surface area (TPSA) is 3.24 Å². The van der Waals surface area contributed by atoms with Crippen molar-refractivity contribution in [1.82, 2.24) is 4.90 Å². The standard InChI is InChI=1S/C8H16IN/c1-7-5-4-6-10(7)8(2,3)9/h7H,4-6H2,1-3H3. The van der Waals surface area contributed by atoms with Gasteiger partial charge in [0.1, 0.15) is 0 Å². The van der Waals surface area contributed by atoms with Crippen LogP contribution >= 0.6 is 22.6 Å². The number of halogens is 1. The molecule has 0 aliphatic carbocycles. The first-order chi connectivity index (χ1) is 4.52. The third-order valence-electron chi connectivity index (χ3n) is 2.24. The first kappa shape index (κ1) is 8.78. The quantitative estimate of drug-likeness (QED) is 0.394. The smallest absolute Gasteiger partial charge is 0.0675 e. The molecule has 1 nitrogen and oxygen atoms in total. The van der Waals surface area contributed by atoms with E-state index in [9.17, 15) is 0 Å². The van der Waals surface area contributed by atoms with E-state index in [0.29, 0.717) is 3.55 Å². The highest BCUT2D eigenvalue weighted by Gasteiger charge is 2.30. The molecule has 1 atom stereocenters. The Morgan fingerprint density at radius 1 is 1.50 bits per heavy atom. The fraction of sp³-hybridized carbons (Fsp3) is 1.00. The summed E-state index contributed by atoms with van der Waals surface area (Å²) >= 11 is 2.52. The van der Waals surface area contributed by atoms with Crippen molar-refractivity contribution in [1.29, 1.82) is 0 Å². The summed E-state index contributed by atoms with van der Waals surface area (Å²) in [5, 5.41) is 0. The van der Waals surface area contributed by atoms with Crippen LogP contribution in [0.2, 0.25) is 0 Å². The van der Waals surface area contributed by atoms with Crippen LogP contribution in [-0.4, -0.2) is 21.0 Å². The maximum absolute atomic E-state index is 2.58. The minimum Gasteiger partial charge on any atom is -0.287 e. The second kappa shape index (κ2) is 2.97. The molecule has 0 N–H and O–H groups in total. The molecule has 1 aliphatic rings. The molecule has 0 aromatic heterocycles. The van der Waals surface area contributed by atoms with Crippen molar-refractivity contribution < 1.29 is 0 Å². The molecule has 10 heavy (non-hydrogen) atoms. The molecule has 0 aromatic carbocycles. The average Bonchev–Trinajstić information content (AvgIpc) is 2.11. The lowest BCUT2D eigenvalue weighted by atomic mass is 10.2. The van der Waals surface area contributed by atoms with Gasteiger partial charge < -0.3 is 0 Å². The van der Waals surface area contributed by atoms with Crippen LogP contribution in [0.3, 0.4) is 0 Å². The van der Waals surface area contributed by atoms with Gasteiger partial charge in [-0.25, -0.2) is 0 Å². The summed E-state index contributed by atoms with van der Waals surface area (Å²) in [4.78, 5) is 2.58. The van der Waals surface area contributed by atoms with Crippen LogP contribution in [0.4, 0.5) is 0 Å². The van der Waals surface area contributed by atoms with Gasteiger partial charge in [-0.1, -0.05) is 22.6 Å². The molecule has 2 heteroatoms. The fourth-order valence-corrected chi connectivity index (χ4v) is 2.44. The fourth-order valence-electron chi connectivity index (χ4n) is 1.72. The predicted octanol–water partition coefficient (Wildman–Crippen LogP) is 2.64. The largest absolute Gasteiger partial charge is 0.287 e. The van der Waals surface area contributed by atoms with E-state index in [1.807, 2.05) is 0 Å². The van der Waals surface area contributed by atoms with Gasteiger partial charge in [-0.05, 0) is 40.2 Å². The summed E-state index contributed by atoms with van der Waals surface area (Å²) in [7, 11) is 0. The lowest BCUT2D eigenvalue weighted by Gasteiger charge is -2.33. The lowest BCUT2D eigenvalue weighted by molar-refractivity contribution is 0.203. The predicted molar refractivity (Wildman–Crippen MR) is 53.5 cm³/mol. The second-order valence-corrected chi connectivity index (χ2v) is 6.23. The SMILES string of the molecule is CC1CCCN1C(C)(C)I. The first-order valence-corrected chi connectivity index (χ1v) is 5.05. The average molecular weight is 253 g/mol. The number of hydrogen-bond donors (Lipinski definition) is 0. The van der Waals surface area contributed by atoms with Crippen molar-refractivity contribution in [2.45, 2.75) is 43.2 Å². The number of likely N-dealkylation sites (tertiary alicyclic amines) is 1. The van der Waals surface area contributed by atoms with Gasteiger partial charge in [-0.2, -0.15) is 0 Å². The molecular weight excluding hydrogens is 237 g/mol. The zero-order valence-electron chi connectivity index (χ0n) is 7.02. The van der Waals surface area contributed by atoms with E-state index in [2.05, 4.69) is 48.3 Å². The Balaban J connectivity index is 2.55. The van der Waals surface area contributed by atoms with E-state index < -0.39 is 0 Å². The van der Waals surface area contributed by atoms with E-state index in [-0.39, 0.29) is 0 Å². The monoisotopic (exact) mass is 253 g/mol. The van der Waals surface area contributed by atoms with Gasteiger partial charge in [-0.15, -0.1) is 0 Å². The molecule has 1 saturated heterocycles. The summed E-state index contributed by atoms with van der Waals surface area (Å²) in [6.45, 7) is 8.19. The van der Waals surface area contributed by atoms with Gasteiger partial charge in [0.05, 0.1) is 3.55 Å². The summed E-state index contributed by atoms with van der Waals surface area (Å²) in [5.41, 5.74) is 0. The van der Waals surface area contributed by atoms with Crippen LogP contribution in [0, 0.1) is 0 Å². The first-order valence-electron chi connectivity index (χ1n) is 3.97. The Morgan fingerprint density at radius 2 is 2.10 bits per heavy atom. The molecule has 1 aliphatic heterocycles. The maximum atomic E-state index is 2.58. The third kappa shape index (κ3) is 1.84. The molecule has 0 radical (unpaired) electrons. The molecular formula is C8H16IN. The molecule has 1 fully saturated rings. The van der Waals surface area contributed by atoms with Crippen LogP contribution in [0.25, 0.3) is 0 Å². The normalized spacial score (nSPS) is 29.4. The van der Waals surface area contributed by atoms with Crippen molar-refractivity contribution in [3.8, 4) is 0 Å². The Bertz CT molecular complexity index is 117. The van der Waals surface area contributed by atoms with Crippen molar-refractivity contribution in [2.24, 2.45) is 0 Å². The molecule has 0 saturated carbocycles. The van der Waals surface area contributed by atoms with Gasteiger partial charge >= 0.3 is 0 Å².